The van der Waals surface area contributed by atoms with Gasteiger partial charge in [0.2, 0.25) is 0 Å². The predicted molar refractivity (Wildman–Crippen MR) is 60.3 cm³/mol. The molecule has 0 fully saturated rings. The first-order valence-electron chi connectivity index (χ1n) is 5.14. The first-order valence-corrected chi connectivity index (χ1v) is 5.14. The molecular formula is C12H10F3NO3. The maximum atomic E-state index is 12.3. The molecule has 0 aliphatic carbocycles. The monoisotopic (exact) mass is 273 g/mol. The van der Waals surface area contributed by atoms with Crippen molar-refractivity contribution in [1.82, 2.24) is 5.32 Å². The van der Waals surface area contributed by atoms with Gasteiger partial charge in [0.05, 0.1) is 5.56 Å². The SMILES string of the molecule is C/C=C(/NC(=O)c1ccc(C(F)(F)F)cc1)C(=O)O. The van der Waals surface area contributed by atoms with Gasteiger partial charge in [-0.1, -0.05) is 6.08 Å². The molecule has 0 saturated heterocycles. The van der Waals surface area contributed by atoms with Crippen LogP contribution in [0.25, 0.3) is 0 Å². The van der Waals surface area contributed by atoms with Gasteiger partial charge < -0.3 is 10.4 Å². The summed E-state index contributed by atoms with van der Waals surface area (Å²) in [4.78, 5) is 22.2. The van der Waals surface area contributed by atoms with Gasteiger partial charge in [0.15, 0.2) is 0 Å². The van der Waals surface area contributed by atoms with Crippen molar-refractivity contribution in [2.24, 2.45) is 0 Å². The Morgan fingerprint density at radius 3 is 2.11 bits per heavy atom. The molecule has 4 nitrogen and oxygen atoms in total. The number of halogens is 3. The van der Waals surface area contributed by atoms with Gasteiger partial charge in [-0.15, -0.1) is 0 Å². The van der Waals surface area contributed by atoms with Crippen molar-refractivity contribution in [1.29, 1.82) is 0 Å². The Kier molecular flexibility index (Phi) is 4.31. The summed E-state index contributed by atoms with van der Waals surface area (Å²) in [5, 5.41) is 10.8. The zero-order chi connectivity index (χ0) is 14.6. The highest BCUT2D eigenvalue weighted by Crippen LogP contribution is 2.29. The fraction of sp³-hybridized carbons (Fsp3) is 0.167. The molecule has 0 bridgehead atoms. The minimum absolute atomic E-state index is 0.0615. The highest BCUT2D eigenvalue weighted by molar-refractivity contribution is 6.00. The summed E-state index contributed by atoms with van der Waals surface area (Å²) >= 11 is 0. The summed E-state index contributed by atoms with van der Waals surface area (Å²) in [6.07, 6.45) is -3.31. The van der Waals surface area contributed by atoms with Crippen LogP contribution >= 0.6 is 0 Å². The third kappa shape index (κ3) is 3.84. The van der Waals surface area contributed by atoms with Gasteiger partial charge >= 0.3 is 12.1 Å². The molecule has 0 atom stereocenters. The van der Waals surface area contributed by atoms with E-state index in [-0.39, 0.29) is 11.3 Å². The van der Waals surface area contributed by atoms with E-state index >= 15 is 0 Å². The van der Waals surface area contributed by atoms with Crippen LogP contribution in [0.15, 0.2) is 36.0 Å². The van der Waals surface area contributed by atoms with Crippen LogP contribution in [0.2, 0.25) is 0 Å². The molecule has 0 radical (unpaired) electrons. The number of allylic oxidation sites excluding steroid dienone is 1. The van der Waals surface area contributed by atoms with Gasteiger partial charge in [0.1, 0.15) is 5.70 Å². The molecule has 1 rings (SSSR count). The normalized spacial score (nSPS) is 12.1. The van der Waals surface area contributed by atoms with Gasteiger partial charge in [-0.3, -0.25) is 4.79 Å². The molecule has 0 saturated carbocycles. The van der Waals surface area contributed by atoms with Gasteiger partial charge in [0.25, 0.3) is 5.91 Å². The van der Waals surface area contributed by atoms with E-state index < -0.39 is 23.6 Å². The molecule has 0 aromatic heterocycles. The molecule has 7 heteroatoms. The summed E-state index contributed by atoms with van der Waals surface area (Å²) in [6, 6.07) is 3.47. The quantitative estimate of drug-likeness (QED) is 0.831. The third-order valence-corrected chi connectivity index (χ3v) is 2.24. The van der Waals surface area contributed by atoms with Crippen molar-refractivity contribution in [2.45, 2.75) is 13.1 Å². The number of benzene rings is 1. The van der Waals surface area contributed by atoms with E-state index in [2.05, 4.69) is 5.32 Å². The first-order chi connectivity index (χ1) is 8.75. The van der Waals surface area contributed by atoms with Crippen molar-refractivity contribution in [3.05, 3.63) is 47.2 Å². The number of rotatable bonds is 3. The molecule has 19 heavy (non-hydrogen) atoms. The number of carboxylic acids is 1. The number of amides is 1. The Labute approximate surface area is 106 Å². The van der Waals surface area contributed by atoms with Crippen LogP contribution in [0.1, 0.15) is 22.8 Å². The molecule has 0 heterocycles. The van der Waals surface area contributed by atoms with Crippen molar-refractivity contribution < 1.29 is 27.9 Å². The summed E-state index contributed by atoms with van der Waals surface area (Å²) in [5.41, 5.74) is -1.29. The van der Waals surface area contributed by atoms with Crippen molar-refractivity contribution >= 4 is 11.9 Å². The van der Waals surface area contributed by atoms with Crippen molar-refractivity contribution in [3.63, 3.8) is 0 Å². The smallest absolute Gasteiger partial charge is 0.416 e. The van der Waals surface area contributed by atoms with E-state index in [1.165, 1.54) is 13.0 Å². The Bertz CT molecular complexity index is 518. The Morgan fingerprint density at radius 2 is 1.74 bits per heavy atom. The van der Waals surface area contributed by atoms with Gasteiger partial charge in [-0.2, -0.15) is 13.2 Å². The maximum absolute atomic E-state index is 12.3. The predicted octanol–water partition coefficient (Wildman–Crippen LogP) is 2.42. The molecule has 0 aliphatic heterocycles. The molecule has 102 valence electrons. The van der Waals surface area contributed by atoms with E-state index in [4.69, 9.17) is 5.11 Å². The minimum atomic E-state index is -4.48. The van der Waals surface area contributed by atoms with Crippen LogP contribution in [-0.2, 0) is 11.0 Å². The summed E-state index contributed by atoms with van der Waals surface area (Å²) in [7, 11) is 0. The van der Waals surface area contributed by atoms with E-state index in [1.54, 1.807) is 0 Å². The largest absolute Gasteiger partial charge is 0.477 e. The second-order valence-electron chi connectivity index (χ2n) is 3.54. The van der Waals surface area contributed by atoms with E-state index in [0.717, 1.165) is 24.3 Å². The fourth-order valence-electron chi connectivity index (χ4n) is 1.25. The molecule has 0 aliphatic rings. The molecule has 2 N–H and O–H groups in total. The molecule has 0 spiro atoms. The lowest BCUT2D eigenvalue weighted by Crippen LogP contribution is -2.27. The van der Waals surface area contributed by atoms with E-state index in [1.807, 2.05) is 0 Å². The number of alkyl halides is 3. The topological polar surface area (TPSA) is 66.4 Å². The lowest BCUT2D eigenvalue weighted by atomic mass is 10.1. The number of nitrogens with one attached hydrogen (secondary N) is 1. The maximum Gasteiger partial charge on any atom is 0.416 e. The van der Waals surface area contributed by atoms with Crippen molar-refractivity contribution in [3.8, 4) is 0 Å². The highest BCUT2D eigenvalue weighted by atomic mass is 19.4. The number of hydrogen-bond acceptors (Lipinski definition) is 2. The van der Waals surface area contributed by atoms with Gasteiger partial charge in [0, 0.05) is 5.56 Å². The molecule has 0 unspecified atom stereocenters. The molecule has 1 aromatic carbocycles. The average molecular weight is 273 g/mol. The lowest BCUT2D eigenvalue weighted by Gasteiger charge is -2.08. The molecule has 1 aromatic rings. The zero-order valence-electron chi connectivity index (χ0n) is 9.78. The van der Waals surface area contributed by atoms with Crippen LogP contribution < -0.4 is 5.32 Å². The van der Waals surface area contributed by atoms with E-state index in [0.29, 0.717) is 0 Å². The minimum Gasteiger partial charge on any atom is -0.477 e. The van der Waals surface area contributed by atoms with E-state index in [9.17, 15) is 22.8 Å². The number of carboxylic acid groups (broad SMARTS) is 1. The number of carbonyl (C=O) groups is 2. The standard InChI is InChI=1S/C12H10F3NO3/c1-2-9(11(18)19)16-10(17)7-3-5-8(6-4-7)12(13,14)15/h2-6H,1H3,(H,16,17)(H,18,19)/b9-2+. The second kappa shape index (κ2) is 5.55. The summed E-state index contributed by atoms with van der Waals surface area (Å²) < 4.78 is 36.9. The number of hydrogen-bond donors (Lipinski definition) is 2. The second-order valence-corrected chi connectivity index (χ2v) is 3.54. The van der Waals surface area contributed by atoms with Gasteiger partial charge in [-0.05, 0) is 31.2 Å². The molecular weight excluding hydrogens is 263 g/mol. The highest BCUT2D eigenvalue weighted by Gasteiger charge is 2.30. The average Bonchev–Trinajstić information content (AvgIpc) is 2.34. The van der Waals surface area contributed by atoms with Crippen LogP contribution in [0.5, 0.6) is 0 Å². The fourth-order valence-corrected chi connectivity index (χ4v) is 1.25. The van der Waals surface area contributed by atoms with Crippen LogP contribution in [0, 0.1) is 0 Å². The Morgan fingerprint density at radius 1 is 1.21 bits per heavy atom. The lowest BCUT2D eigenvalue weighted by molar-refractivity contribution is -0.137. The zero-order valence-corrected chi connectivity index (χ0v) is 9.78. The van der Waals surface area contributed by atoms with Crippen LogP contribution in [0.4, 0.5) is 13.2 Å². The number of aliphatic carboxylic acids is 1. The van der Waals surface area contributed by atoms with Crippen LogP contribution in [0.3, 0.4) is 0 Å². The van der Waals surface area contributed by atoms with Crippen LogP contribution in [-0.4, -0.2) is 17.0 Å². The summed E-state index contributed by atoms with van der Waals surface area (Å²) in [6.45, 7) is 1.41. The Balaban J connectivity index is 2.88. The van der Waals surface area contributed by atoms with Crippen molar-refractivity contribution in [2.75, 3.05) is 0 Å². The Hall–Kier alpha value is -2.31. The number of carbonyl (C=O) groups excluding carboxylic acids is 1. The van der Waals surface area contributed by atoms with Gasteiger partial charge in [-0.25, -0.2) is 4.79 Å². The summed E-state index contributed by atoms with van der Waals surface area (Å²) in [5.74, 6) is -2.12. The third-order valence-electron chi connectivity index (χ3n) is 2.24. The molecule has 1 amide bonds. The first kappa shape index (κ1) is 14.7.